The molecule has 0 N–H and O–H groups in total. The van der Waals surface area contributed by atoms with Gasteiger partial charge in [-0.15, -0.1) is 6.58 Å². The summed E-state index contributed by atoms with van der Waals surface area (Å²) in [6.45, 7) is 10.2. The van der Waals surface area contributed by atoms with Crippen molar-refractivity contribution in [2.45, 2.75) is 45.5 Å². The number of benzene rings is 1. The second kappa shape index (κ2) is 9.94. The average Bonchev–Trinajstić information content (AvgIpc) is 3.37. The molecular weight excluding hydrogens is 384 g/mol. The van der Waals surface area contributed by atoms with Gasteiger partial charge < -0.3 is 23.7 Å². The Labute approximate surface area is 179 Å². The van der Waals surface area contributed by atoms with E-state index in [1.807, 2.05) is 44.2 Å². The molecule has 166 valence electrons. The third-order valence-electron chi connectivity index (χ3n) is 6.43. The maximum absolute atomic E-state index is 12.9. The van der Waals surface area contributed by atoms with Crippen LogP contribution >= 0.6 is 0 Å². The Hall–Kier alpha value is -1.89. The van der Waals surface area contributed by atoms with Crippen molar-refractivity contribution in [2.75, 3.05) is 33.5 Å². The molecule has 3 rings (SSSR count). The molecule has 0 radical (unpaired) electrons. The van der Waals surface area contributed by atoms with E-state index < -0.39 is 11.2 Å². The molecule has 1 aromatic carbocycles. The second-order valence-corrected chi connectivity index (χ2v) is 8.21. The monoisotopic (exact) mass is 418 g/mol. The molecule has 1 aliphatic carbocycles. The predicted octanol–water partition coefficient (Wildman–Crippen LogP) is 4.13. The van der Waals surface area contributed by atoms with Gasteiger partial charge in [-0.3, -0.25) is 4.79 Å². The summed E-state index contributed by atoms with van der Waals surface area (Å²) in [4.78, 5) is 12.9. The molecule has 1 unspecified atom stereocenters. The molecule has 1 saturated carbocycles. The summed E-state index contributed by atoms with van der Waals surface area (Å²) in [6.07, 6.45) is 4.08. The van der Waals surface area contributed by atoms with E-state index in [9.17, 15) is 4.79 Å². The van der Waals surface area contributed by atoms with Gasteiger partial charge in [0.05, 0.1) is 45.6 Å². The molecule has 1 aromatic rings. The molecule has 1 aliphatic heterocycles. The molecule has 30 heavy (non-hydrogen) atoms. The number of esters is 1. The summed E-state index contributed by atoms with van der Waals surface area (Å²) in [6, 6.07) is 7.81. The Morgan fingerprint density at radius 2 is 1.97 bits per heavy atom. The first-order valence-corrected chi connectivity index (χ1v) is 10.8. The number of carbonyl (C=O) groups is 1. The number of ether oxygens (including phenoxy) is 5. The zero-order valence-corrected chi connectivity index (χ0v) is 18.4. The van der Waals surface area contributed by atoms with Crippen LogP contribution in [0.15, 0.2) is 36.9 Å². The van der Waals surface area contributed by atoms with Crippen LogP contribution in [0.3, 0.4) is 0 Å². The fourth-order valence-corrected chi connectivity index (χ4v) is 4.93. The van der Waals surface area contributed by atoms with E-state index >= 15 is 0 Å². The molecular formula is C24H34O6. The van der Waals surface area contributed by atoms with Gasteiger partial charge in [-0.2, -0.15) is 0 Å². The molecule has 0 amide bonds. The predicted molar refractivity (Wildman–Crippen MR) is 113 cm³/mol. The Bertz CT molecular complexity index is 709. The van der Waals surface area contributed by atoms with E-state index in [4.69, 9.17) is 23.7 Å². The molecule has 6 nitrogen and oxygen atoms in total. The summed E-state index contributed by atoms with van der Waals surface area (Å²) in [7, 11) is 1.65. The maximum Gasteiger partial charge on any atom is 0.312 e. The first-order valence-electron chi connectivity index (χ1n) is 10.8. The first kappa shape index (κ1) is 22.8. The van der Waals surface area contributed by atoms with Crippen molar-refractivity contribution in [3.8, 4) is 5.75 Å². The lowest BCUT2D eigenvalue weighted by molar-refractivity contribution is -0.235. The average molecular weight is 419 g/mol. The normalized spacial score (nSPS) is 27.7. The molecule has 6 heteroatoms. The molecule has 0 bridgehead atoms. The minimum atomic E-state index is -0.864. The number of hydrogen-bond donors (Lipinski definition) is 0. The highest BCUT2D eigenvalue weighted by molar-refractivity contribution is 5.77. The molecule has 3 atom stereocenters. The van der Waals surface area contributed by atoms with Crippen molar-refractivity contribution in [3.05, 3.63) is 42.5 Å². The van der Waals surface area contributed by atoms with Gasteiger partial charge in [0, 0.05) is 12.3 Å². The van der Waals surface area contributed by atoms with Crippen LogP contribution in [0.1, 0.15) is 38.7 Å². The Balaban J connectivity index is 1.70. The van der Waals surface area contributed by atoms with Crippen molar-refractivity contribution < 1.29 is 28.5 Å². The van der Waals surface area contributed by atoms with Gasteiger partial charge in [-0.05, 0) is 50.3 Å². The summed E-state index contributed by atoms with van der Waals surface area (Å²) in [5.74, 6) is -0.262. The zero-order chi connectivity index (χ0) is 21.6. The highest BCUT2D eigenvalue weighted by atomic mass is 16.7. The van der Waals surface area contributed by atoms with E-state index in [0.29, 0.717) is 39.5 Å². The molecule has 1 heterocycles. The quantitative estimate of drug-likeness (QED) is 0.323. The lowest BCUT2D eigenvalue weighted by Gasteiger charge is -2.43. The third-order valence-corrected chi connectivity index (χ3v) is 6.43. The summed E-state index contributed by atoms with van der Waals surface area (Å²) >= 11 is 0. The van der Waals surface area contributed by atoms with Crippen LogP contribution in [-0.2, 0) is 30.3 Å². The Kier molecular flexibility index (Phi) is 7.55. The Morgan fingerprint density at radius 3 is 2.57 bits per heavy atom. The summed E-state index contributed by atoms with van der Waals surface area (Å²) < 4.78 is 28.9. The summed E-state index contributed by atoms with van der Waals surface area (Å²) in [5, 5.41) is 0. The van der Waals surface area contributed by atoms with E-state index in [1.165, 1.54) is 0 Å². The minimum absolute atomic E-state index is 0.124. The SMILES string of the molecule is C=C[C@@H]1CC[C@](C)(C(=O)OCC)C1C1(CCOCc2ccc(OC)cc2)OCCO1. The highest BCUT2D eigenvalue weighted by Crippen LogP contribution is 2.56. The summed E-state index contributed by atoms with van der Waals surface area (Å²) in [5.41, 5.74) is 0.397. The van der Waals surface area contributed by atoms with E-state index in [2.05, 4.69) is 6.58 Å². The number of allylic oxidation sites excluding steroid dienone is 1. The highest BCUT2D eigenvalue weighted by Gasteiger charge is 2.61. The lowest BCUT2D eigenvalue weighted by Crippen LogP contribution is -2.51. The number of methoxy groups -OCH3 is 1. The second-order valence-electron chi connectivity index (χ2n) is 8.21. The molecule has 2 fully saturated rings. The van der Waals surface area contributed by atoms with Crippen LogP contribution < -0.4 is 4.74 Å². The van der Waals surface area contributed by atoms with Crippen LogP contribution in [0, 0.1) is 17.3 Å². The van der Waals surface area contributed by atoms with E-state index in [0.717, 1.165) is 24.2 Å². The van der Waals surface area contributed by atoms with Gasteiger partial charge in [0.2, 0.25) is 0 Å². The maximum atomic E-state index is 12.9. The minimum Gasteiger partial charge on any atom is -0.497 e. The fraction of sp³-hybridized carbons (Fsp3) is 0.625. The van der Waals surface area contributed by atoms with Crippen LogP contribution in [0.2, 0.25) is 0 Å². The van der Waals surface area contributed by atoms with Crippen LogP contribution in [0.5, 0.6) is 5.75 Å². The van der Waals surface area contributed by atoms with Gasteiger partial charge in [0.15, 0.2) is 5.79 Å². The first-order chi connectivity index (χ1) is 14.5. The number of carbonyl (C=O) groups excluding carboxylic acids is 1. The van der Waals surface area contributed by atoms with E-state index in [-0.39, 0.29) is 17.8 Å². The van der Waals surface area contributed by atoms with Gasteiger partial charge >= 0.3 is 5.97 Å². The van der Waals surface area contributed by atoms with Gasteiger partial charge in [0.25, 0.3) is 0 Å². The topological polar surface area (TPSA) is 63.2 Å². The molecule has 1 saturated heterocycles. The number of rotatable bonds is 10. The van der Waals surface area contributed by atoms with Crippen LogP contribution in [0.4, 0.5) is 0 Å². The van der Waals surface area contributed by atoms with Crippen LogP contribution in [-0.4, -0.2) is 45.3 Å². The van der Waals surface area contributed by atoms with Crippen molar-refractivity contribution >= 4 is 5.97 Å². The molecule has 0 aromatic heterocycles. The largest absolute Gasteiger partial charge is 0.497 e. The van der Waals surface area contributed by atoms with Gasteiger partial charge in [-0.25, -0.2) is 0 Å². The van der Waals surface area contributed by atoms with Crippen molar-refractivity contribution in [1.82, 2.24) is 0 Å². The van der Waals surface area contributed by atoms with Crippen molar-refractivity contribution in [1.29, 1.82) is 0 Å². The van der Waals surface area contributed by atoms with Crippen LogP contribution in [0.25, 0.3) is 0 Å². The molecule has 2 aliphatic rings. The smallest absolute Gasteiger partial charge is 0.312 e. The van der Waals surface area contributed by atoms with Crippen molar-refractivity contribution in [3.63, 3.8) is 0 Å². The van der Waals surface area contributed by atoms with E-state index in [1.54, 1.807) is 7.11 Å². The lowest BCUT2D eigenvalue weighted by atomic mass is 9.71. The van der Waals surface area contributed by atoms with Gasteiger partial charge in [-0.1, -0.05) is 18.2 Å². The Morgan fingerprint density at radius 1 is 1.27 bits per heavy atom. The zero-order valence-electron chi connectivity index (χ0n) is 18.4. The molecule has 0 spiro atoms. The number of hydrogen-bond acceptors (Lipinski definition) is 6. The fourth-order valence-electron chi connectivity index (χ4n) is 4.93. The third kappa shape index (κ3) is 4.56. The van der Waals surface area contributed by atoms with Gasteiger partial charge in [0.1, 0.15) is 5.75 Å². The standard InChI is InChI=1S/C24H34O6/c1-5-19-11-12-23(3,22(25)28-6-2)21(19)24(29-15-16-30-24)13-14-27-17-18-7-9-20(26-4)10-8-18/h5,7-10,19,21H,1,6,11-17H2,2-4H3/t19-,21?,23+/m1/s1. The van der Waals surface area contributed by atoms with Crippen molar-refractivity contribution in [2.24, 2.45) is 17.3 Å².